The van der Waals surface area contributed by atoms with Crippen molar-refractivity contribution < 1.29 is 23.8 Å². The number of hydrogen-bond acceptors (Lipinski definition) is 5. The normalized spacial score (nSPS) is 17.7. The van der Waals surface area contributed by atoms with E-state index < -0.39 is 5.97 Å². The maximum atomic E-state index is 11.5. The molecule has 0 bridgehead atoms. The number of rotatable bonds is 4. The number of fused-ring (bicyclic) bond motifs is 1. The summed E-state index contributed by atoms with van der Waals surface area (Å²) in [6.45, 7) is 1.26. The highest BCUT2D eigenvalue weighted by Crippen LogP contribution is 2.26. The first-order valence-corrected chi connectivity index (χ1v) is 6.24. The molecule has 0 saturated heterocycles. The second-order valence-corrected chi connectivity index (χ2v) is 4.54. The van der Waals surface area contributed by atoms with Crippen LogP contribution >= 0.6 is 0 Å². The maximum Gasteiger partial charge on any atom is 0.337 e. The molecule has 0 spiro atoms. The molecule has 6 heteroatoms. The van der Waals surface area contributed by atoms with Gasteiger partial charge in [0.25, 0.3) is 0 Å². The van der Waals surface area contributed by atoms with Crippen molar-refractivity contribution in [2.45, 2.75) is 12.6 Å². The summed E-state index contributed by atoms with van der Waals surface area (Å²) >= 11 is 0. The van der Waals surface area contributed by atoms with Gasteiger partial charge in [-0.25, -0.2) is 4.79 Å². The van der Waals surface area contributed by atoms with E-state index >= 15 is 0 Å². The number of methoxy groups -OCH3 is 2. The Kier molecular flexibility index (Phi) is 4.57. The van der Waals surface area contributed by atoms with E-state index in [1.54, 1.807) is 30.2 Å². The van der Waals surface area contributed by atoms with Crippen LogP contribution in [-0.2, 0) is 20.8 Å². The topological polar surface area (TPSA) is 65.1 Å². The molecule has 0 fully saturated rings. The molecule has 6 nitrogen and oxygen atoms in total. The van der Waals surface area contributed by atoms with Crippen molar-refractivity contribution >= 4 is 12.4 Å². The number of nitrogens with zero attached hydrogens (tertiary/aromatic N) is 1. The van der Waals surface area contributed by atoms with Crippen LogP contribution in [0.25, 0.3) is 0 Å². The van der Waals surface area contributed by atoms with Gasteiger partial charge >= 0.3 is 5.97 Å². The molecule has 0 saturated carbocycles. The minimum absolute atomic E-state index is 0.264. The zero-order valence-corrected chi connectivity index (χ0v) is 11.5. The fraction of sp³-hybridized carbons (Fsp3) is 0.429. The molecule has 1 atom stereocenters. The first kappa shape index (κ1) is 14.3. The van der Waals surface area contributed by atoms with Gasteiger partial charge in [-0.05, 0) is 12.1 Å². The minimum Gasteiger partial charge on any atom is -0.486 e. The highest BCUT2D eigenvalue weighted by molar-refractivity contribution is 5.89. The van der Waals surface area contributed by atoms with Gasteiger partial charge in [-0.1, -0.05) is 6.07 Å². The molecule has 1 aromatic carbocycles. The Balaban J connectivity index is 2.31. The molecule has 20 heavy (non-hydrogen) atoms. The number of carbonyl (C=O) groups is 2. The first-order valence-electron chi connectivity index (χ1n) is 6.24. The average molecular weight is 279 g/mol. The predicted octanol–water partition coefficient (Wildman–Crippen LogP) is 0.839. The predicted molar refractivity (Wildman–Crippen MR) is 70.5 cm³/mol. The summed E-state index contributed by atoms with van der Waals surface area (Å²) in [6.07, 6.45) is 0.523. The standard InChI is InChI=1S/C14H17NO5/c1-18-8-12-7-15(9-16)6-11-4-3-10(14(17)19-2)5-13(11)20-12/h3-5,9,12H,6-8H2,1-2H3. The van der Waals surface area contributed by atoms with E-state index in [4.69, 9.17) is 9.47 Å². The van der Waals surface area contributed by atoms with Crippen LogP contribution in [0, 0.1) is 0 Å². The highest BCUT2D eigenvalue weighted by Gasteiger charge is 2.23. The summed E-state index contributed by atoms with van der Waals surface area (Å²) in [4.78, 5) is 24.2. The second-order valence-electron chi connectivity index (χ2n) is 4.54. The smallest absolute Gasteiger partial charge is 0.337 e. The number of benzene rings is 1. The minimum atomic E-state index is -0.420. The van der Waals surface area contributed by atoms with Gasteiger partial charge in [-0.15, -0.1) is 0 Å². The van der Waals surface area contributed by atoms with Crippen LogP contribution in [0.15, 0.2) is 18.2 Å². The Labute approximate surface area is 117 Å². The van der Waals surface area contributed by atoms with E-state index in [-0.39, 0.29) is 6.10 Å². The molecule has 0 N–H and O–H groups in total. The van der Waals surface area contributed by atoms with E-state index in [0.717, 1.165) is 12.0 Å². The number of ether oxygens (including phenoxy) is 3. The molecular weight excluding hydrogens is 262 g/mol. The Bertz CT molecular complexity index is 502. The third-order valence-electron chi connectivity index (χ3n) is 3.10. The lowest BCUT2D eigenvalue weighted by atomic mass is 10.1. The van der Waals surface area contributed by atoms with E-state index in [1.807, 2.05) is 0 Å². The van der Waals surface area contributed by atoms with Crippen LogP contribution in [0.5, 0.6) is 5.75 Å². The Morgan fingerprint density at radius 2 is 2.30 bits per heavy atom. The summed E-state index contributed by atoms with van der Waals surface area (Å²) in [5.74, 6) is 0.162. The highest BCUT2D eigenvalue weighted by atomic mass is 16.5. The second kappa shape index (κ2) is 6.38. The first-order chi connectivity index (χ1) is 9.67. The molecule has 1 aliphatic heterocycles. The van der Waals surface area contributed by atoms with Crippen LogP contribution in [0.2, 0.25) is 0 Å². The Morgan fingerprint density at radius 1 is 1.50 bits per heavy atom. The molecular formula is C14H17NO5. The monoisotopic (exact) mass is 279 g/mol. The summed E-state index contributed by atoms with van der Waals surface area (Å²) in [6, 6.07) is 5.07. The SMILES string of the molecule is COCC1CN(C=O)Cc2ccc(C(=O)OC)cc2O1. The fourth-order valence-electron chi connectivity index (χ4n) is 2.15. The Morgan fingerprint density at radius 3 is 2.95 bits per heavy atom. The van der Waals surface area contributed by atoms with Gasteiger partial charge in [0.15, 0.2) is 0 Å². The van der Waals surface area contributed by atoms with Crippen LogP contribution in [0.4, 0.5) is 0 Å². The molecule has 0 aromatic heterocycles. The van der Waals surface area contributed by atoms with Crippen molar-refractivity contribution in [3.63, 3.8) is 0 Å². The van der Waals surface area contributed by atoms with Gasteiger partial charge in [-0.3, -0.25) is 4.79 Å². The largest absolute Gasteiger partial charge is 0.486 e. The van der Waals surface area contributed by atoms with Crippen molar-refractivity contribution in [3.05, 3.63) is 29.3 Å². The third-order valence-corrected chi connectivity index (χ3v) is 3.10. The van der Waals surface area contributed by atoms with Crippen molar-refractivity contribution in [2.75, 3.05) is 27.4 Å². The van der Waals surface area contributed by atoms with Crippen molar-refractivity contribution in [3.8, 4) is 5.75 Å². The van der Waals surface area contributed by atoms with Crippen molar-refractivity contribution in [1.29, 1.82) is 0 Å². The molecule has 0 aliphatic carbocycles. The summed E-state index contributed by atoms with van der Waals surface area (Å²) in [7, 11) is 2.90. The third kappa shape index (κ3) is 3.08. The molecule has 0 radical (unpaired) electrons. The van der Waals surface area contributed by atoms with Gasteiger partial charge in [0, 0.05) is 19.2 Å². The summed E-state index contributed by atoms with van der Waals surface area (Å²) in [5, 5.41) is 0. The molecule has 1 amide bonds. The molecule has 2 rings (SSSR count). The number of amides is 1. The number of esters is 1. The average Bonchev–Trinajstić information content (AvgIpc) is 2.64. The van der Waals surface area contributed by atoms with Gasteiger partial charge in [0.1, 0.15) is 11.9 Å². The van der Waals surface area contributed by atoms with E-state index in [2.05, 4.69) is 4.74 Å². The lowest BCUT2D eigenvalue weighted by molar-refractivity contribution is -0.119. The Hall–Kier alpha value is -2.08. The molecule has 1 unspecified atom stereocenters. The van der Waals surface area contributed by atoms with Crippen molar-refractivity contribution in [2.24, 2.45) is 0 Å². The lowest BCUT2D eigenvalue weighted by Gasteiger charge is -2.19. The van der Waals surface area contributed by atoms with Crippen LogP contribution in [0.1, 0.15) is 15.9 Å². The number of hydrogen-bond donors (Lipinski definition) is 0. The van der Waals surface area contributed by atoms with Crippen LogP contribution in [-0.4, -0.2) is 50.8 Å². The molecule has 1 heterocycles. The summed E-state index contributed by atoms with van der Waals surface area (Å²) < 4.78 is 15.6. The molecule has 1 aliphatic rings. The van der Waals surface area contributed by atoms with Gasteiger partial charge in [-0.2, -0.15) is 0 Å². The zero-order valence-electron chi connectivity index (χ0n) is 11.5. The van der Waals surface area contributed by atoms with E-state index in [0.29, 0.717) is 31.0 Å². The quantitative estimate of drug-likeness (QED) is 0.603. The zero-order chi connectivity index (χ0) is 14.5. The summed E-state index contributed by atoms with van der Waals surface area (Å²) in [5.41, 5.74) is 1.27. The van der Waals surface area contributed by atoms with Crippen LogP contribution < -0.4 is 4.74 Å². The van der Waals surface area contributed by atoms with Crippen molar-refractivity contribution in [1.82, 2.24) is 4.90 Å². The molecule has 1 aromatic rings. The van der Waals surface area contributed by atoms with E-state index in [1.165, 1.54) is 7.11 Å². The van der Waals surface area contributed by atoms with Gasteiger partial charge in [0.05, 0.1) is 25.8 Å². The number of carbonyl (C=O) groups excluding carboxylic acids is 2. The molecule has 108 valence electrons. The maximum absolute atomic E-state index is 11.5. The fourth-order valence-corrected chi connectivity index (χ4v) is 2.15. The lowest BCUT2D eigenvalue weighted by Crippen LogP contribution is -2.34. The van der Waals surface area contributed by atoms with E-state index in [9.17, 15) is 9.59 Å². The van der Waals surface area contributed by atoms with Crippen LogP contribution in [0.3, 0.4) is 0 Å². The van der Waals surface area contributed by atoms with Gasteiger partial charge in [0.2, 0.25) is 6.41 Å². The van der Waals surface area contributed by atoms with Gasteiger partial charge < -0.3 is 19.1 Å².